The molecule has 2 saturated heterocycles. The maximum atomic E-state index is 13.5. The van der Waals surface area contributed by atoms with Gasteiger partial charge >= 0.3 is 0 Å². The van der Waals surface area contributed by atoms with E-state index in [1.54, 1.807) is 0 Å². The zero-order valence-corrected chi connectivity index (χ0v) is 19.1. The number of nitrogens with zero attached hydrogens (tertiary/aromatic N) is 2. The third-order valence-corrected chi connectivity index (χ3v) is 6.10. The Hall–Kier alpha value is -1.43. The fraction of sp³-hybridized carbons (Fsp3) is 0.708. The van der Waals surface area contributed by atoms with Gasteiger partial charge in [-0.3, -0.25) is 4.79 Å². The minimum absolute atomic E-state index is 0.00833. The lowest BCUT2D eigenvalue weighted by Crippen LogP contribution is -2.58. The normalized spacial score (nSPS) is 27.2. The van der Waals surface area contributed by atoms with Gasteiger partial charge in [0, 0.05) is 30.6 Å². The molecule has 2 heterocycles. The van der Waals surface area contributed by atoms with Crippen molar-refractivity contribution in [3.05, 3.63) is 35.9 Å². The zero-order chi connectivity index (χ0) is 21.2. The van der Waals surface area contributed by atoms with E-state index < -0.39 is 0 Å². The fourth-order valence-electron chi connectivity index (χ4n) is 5.61. The summed E-state index contributed by atoms with van der Waals surface area (Å²) in [6.45, 7) is 11.1. The van der Waals surface area contributed by atoms with Crippen LogP contribution in [0.4, 0.5) is 0 Å². The molecular weight excluding hydrogens is 362 g/mol. The zero-order valence-electron chi connectivity index (χ0n) is 19.1. The number of hydrogen-bond acceptors (Lipinski definition) is 4. The average molecular weight is 402 g/mol. The van der Waals surface area contributed by atoms with E-state index in [9.17, 15) is 4.79 Å². The van der Waals surface area contributed by atoms with Gasteiger partial charge in [0.1, 0.15) is 0 Å². The molecule has 0 bridgehead atoms. The summed E-state index contributed by atoms with van der Waals surface area (Å²) in [6.07, 6.45) is 2.67. The highest BCUT2D eigenvalue weighted by atomic mass is 16.5. The van der Waals surface area contributed by atoms with Gasteiger partial charge in [-0.2, -0.15) is 0 Å². The third kappa shape index (κ3) is 5.80. The van der Waals surface area contributed by atoms with E-state index in [0.717, 1.165) is 19.4 Å². The maximum Gasteiger partial charge on any atom is 0.223 e. The van der Waals surface area contributed by atoms with Crippen molar-refractivity contribution in [1.29, 1.82) is 0 Å². The number of carbonyl (C=O) groups is 1. The highest BCUT2D eigenvalue weighted by Crippen LogP contribution is 2.37. The molecule has 1 aromatic carbocycles. The van der Waals surface area contributed by atoms with Crippen LogP contribution in [0.5, 0.6) is 0 Å². The molecule has 3 rings (SSSR count). The van der Waals surface area contributed by atoms with Crippen molar-refractivity contribution in [3.63, 3.8) is 0 Å². The summed E-state index contributed by atoms with van der Waals surface area (Å²) < 4.78 is 6.15. The molecule has 0 aliphatic carbocycles. The number of carbonyl (C=O) groups excluding carboxylic acids is 1. The molecule has 0 radical (unpaired) electrons. The molecule has 2 atom stereocenters. The van der Waals surface area contributed by atoms with Crippen molar-refractivity contribution in [2.24, 2.45) is 5.92 Å². The smallest absolute Gasteiger partial charge is 0.223 e. The number of likely N-dealkylation sites (N-methyl/N-ethyl adjacent to an activating group) is 1. The monoisotopic (exact) mass is 401 g/mol. The summed E-state index contributed by atoms with van der Waals surface area (Å²) in [5.41, 5.74) is 1.28. The summed E-state index contributed by atoms with van der Waals surface area (Å²) in [6, 6.07) is 10.4. The Morgan fingerprint density at radius 1 is 1.14 bits per heavy atom. The Morgan fingerprint density at radius 3 is 2.34 bits per heavy atom. The lowest BCUT2D eigenvalue weighted by atomic mass is 9.74. The Bertz CT molecular complexity index is 671. The molecule has 2 aliphatic heterocycles. The van der Waals surface area contributed by atoms with Crippen LogP contribution in [0, 0.1) is 5.92 Å². The molecule has 162 valence electrons. The second kappa shape index (κ2) is 8.75. The number of ether oxygens (including phenoxy) is 1. The minimum atomic E-state index is -0.0254. The van der Waals surface area contributed by atoms with Crippen LogP contribution in [0.15, 0.2) is 30.3 Å². The summed E-state index contributed by atoms with van der Waals surface area (Å²) in [5, 5.41) is 3.73. The van der Waals surface area contributed by atoms with Crippen LogP contribution in [0.25, 0.3) is 0 Å². The van der Waals surface area contributed by atoms with Crippen LogP contribution in [0.3, 0.4) is 0 Å². The van der Waals surface area contributed by atoms with E-state index >= 15 is 0 Å². The first kappa shape index (κ1) is 22.3. The highest BCUT2D eigenvalue weighted by Gasteiger charge is 2.41. The number of hydrogen-bond donors (Lipinski definition) is 1. The molecule has 5 nitrogen and oxygen atoms in total. The molecule has 0 saturated carbocycles. The van der Waals surface area contributed by atoms with Gasteiger partial charge in [0.05, 0.1) is 18.8 Å². The van der Waals surface area contributed by atoms with Crippen molar-refractivity contribution < 1.29 is 9.53 Å². The predicted molar refractivity (Wildman–Crippen MR) is 118 cm³/mol. The molecule has 5 heteroatoms. The largest absolute Gasteiger partial charge is 0.373 e. The molecule has 2 aliphatic rings. The number of piperidine rings is 1. The van der Waals surface area contributed by atoms with Gasteiger partial charge in [0.2, 0.25) is 5.91 Å². The first-order valence-electron chi connectivity index (χ1n) is 11.0. The van der Waals surface area contributed by atoms with Gasteiger partial charge < -0.3 is 19.9 Å². The second-order valence-corrected chi connectivity index (χ2v) is 10.5. The van der Waals surface area contributed by atoms with Crippen molar-refractivity contribution in [2.45, 2.75) is 70.2 Å². The Morgan fingerprint density at radius 2 is 1.76 bits per heavy atom. The van der Waals surface area contributed by atoms with E-state index in [4.69, 9.17) is 4.74 Å². The number of benzene rings is 1. The highest BCUT2D eigenvalue weighted by molar-refractivity contribution is 5.77. The number of nitrogens with one attached hydrogen (secondary N) is 1. The van der Waals surface area contributed by atoms with Gasteiger partial charge in [-0.1, -0.05) is 30.3 Å². The standard InChI is InChI=1S/C24H39N3O2/c1-23(2)15-18(16-24(3,4)25-23)14-21(28)27-12-13-29-20(17-26(5)6)22(27)19-10-8-7-9-11-19/h7-11,18,20,22,25H,12-17H2,1-6H3/t20-,22-/m0/s1. The predicted octanol–water partition coefficient (Wildman–Crippen LogP) is 3.46. The summed E-state index contributed by atoms with van der Waals surface area (Å²) in [5.74, 6) is 0.671. The van der Waals surface area contributed by atoms with E-state index in [0.29, 0.717) is 25.5 Å². The Balaban J connectivity index is 1.79. The Labute approximate surface area is 176 Å². The number of amides is 1. The van der Waals surface area contributed by atoms with Gasteiger partial charge in [-0.15, -0.1) is 0 Å². The van der Waals surface area contributed by atoms with E-state index in [1.165, 1.54) is 5.56 Å². The molecule has 0 unspecified atom stereocenters. The van der Waals surface area contributed by atoms with Crippen LogP contribution in [-0.2, 0) is 9.53 Å². The summed E-state index contributed by atoms with van der Waals surface area (Å²) >= 11 is 0. The lowest BCUT2D eigenvalue weighted by molar-refractivity contribution is -0.149. The molecule has 1 N–H and O–H groups in total. The van der Waals surface area contributed by atoms with E-state index in [2.05, 4.69) is 81.2 Å². The summed E-state index contributed by atoms with van der Waals surface area (Å²) in [4.78, 5) is 17.8. The summed E-state index contributed by atoms with van der Waals surface area (Å²) in [7, 11) is 4.12. The maximum absolute atomic E-state index is 13.5. The van der Waals surface area contributed by atoms with Gasteiger partial charge in [-0.05, 0) is 66.1 Å². The van der Waals surface area contributed by atoms with Crippen molar-refractivity contribution in [3.8, 4) is 0 Å². The first-order valence-corrected chi connectivity index (χ1v) is 11.0. The van der Waals surface area contributed by atoms with Crippen LogP contribution < -0.4 is 5.32 Å². The average Bonchev–Trinajstić information content (AvgIpc) is 2.59. The van der Waals surface area contributed by atoms with Crippen LogP contribution in [0.2, 0.25) is 0 Å². The quantitative estimate of drug-likeness (QED) is 0.821. The molecule has 0 aromatic heterocycles. The first-order chi connectivity index (χ1) is 13.6. The van der Waals surface area contributed by atoms with Crippen molar-refractivity contribution >= 4 is 5.91 Å². The topological polar surface area (TPSA) is 44.8 Å². The van der Waals surface area contributed by atoms with Crippen LogP contribution in [0.1, 0.15) is 58.6 Å². The lowest BCUT2D eigenvalue weighted by Gasteiger charge is -2.47. The number of rotatable bonds is 5. The van der Waals surface area contributed by atoms with Gasteiger partial charge in [0.25, 0.3) is 0 Å². The third-order valence-electron chi connectivity index (χ3n) is 6.10. The van der Waals surface area contributed by atoms with E-state index in [1.807, 2.05) is 6.07 Å². The molecule has 0 spiro atoms. The minimum Gasteiger partial charge on any atom is -0.373 e. The number of morpholine rings is 1. The van der Waals surface area contributed by atoms with E-state index in [-0.39, 0.29) is 29.1 Å². The van der Waals surface area contributed by atoms with Crippen molar-refractivity contribution in [1.82, 2.24) is 15.1 Å². The Kier molecular flexibility index (Phi) is 6.71. The second-order valence-electron chi connectivity index (χ2n) is 10.5. The van der Waals surface area contributed by atoms with Crippen molar-refractivity contribution in [2.75, 3.05) is 33.8 Å². The SMILES string of the molecule is CN(C)C[C@@H]1OCCN(C(=O)CC2CC(C)(C)NC(C)(C)C2)[C@H]1c1ccccc1. The molecule has 2 fully saturated rings. The molecule has 1 amide bonds. The van der Waals surface area contributed by atoms with Crippen LogP contribution in [-0.4, -0.2) is 66.7 Å². The fourth-order valence-corrected chi connectivity index (χ4v) is 5.61. The van der Waals surface area contributed by atoms with Gasteiger partial charge in [0.15, 0.2) is 0 Å². The van der Waals surface area contributed by atoms with Crippen LogP contribution >= 0.6 is 0 Å². The molecular formula is C24H39N3O2. The molecule has 1 aromatic rings. The van der Waals surface area contributed by atoms with Gasteiger partial charge in [-0.25, -0.2) is 0 Å². The molecule has 29 heavy (non-hydrogen) atoms.